The van der Waals surface area contributed by atoms with Gasteiger partial charge in [0.1, 0.15) is 11.6 Å². The van der Waals surface area contributed by atoms with E-state index < -0.39 is 0 Å². The fourth-order valence-electron chi connectivity index (χ4n) is 2.10. The lowest BCUT2D eigenvalue weighted by Gasteiger charge is -2.01. The fourth-order valence-corrected chi connectivity index (χ4v) is 2.10. The van der Waals surface area contributed by atoms with Gasteiger partial charge in [-0.05, 0) is 25.1 Å². The van der Waals surface area contributed by atoms with E-state index in [1.165, 1.54) is 12.1 Å². The Bertz CT molecular complexity index is 517. The first-order valence-corrected chi connectivity index (χ1v) is 5.72. The summed E-state index contributed by atoms with van der Waals surface area (Å²) in [6, 6.07) is 6.33. The lowest BCUT2D eigenvalue weighted by molar-refractivity contribution is 0.628. The molecule has 1 aliphatic heterocycles. The van der Waals surface area contributed by atoms with Gasteiger partial charge in [0.15, 0.2) is 5.82 Å². The van der Waals surface area contributed by atoms with Crippen LogP contribution in [0, 0.1) is 5.82 Å². The number of aromatic amines is 1. The fraction of sp³-hybridized carbons (Fsp3) is 0.333. The van der Waals surface area contributed by atoms with E-state index in [0.717, 1.165) is 25.3 Å². The molecule has 0 radical (unpaired) electrons. The average molecular weight is 232 g/mol. The van der Waals surface area contributed by atoms with Crippen molar-refractivity contribution >= 4 is 0 Å². The van der Waals surface area contributed by atoms with Gasteiger partial charge in [0.2, 0.25) is 0 Å². The van der Waals surface area contributed by atoms with Gasteiger partial charge in [0, 0.05) is 18.0 Å². The molecule has 1 unspecified atom stereocenters. The van der Waals surface area contributed by atoms with Crippen molar-refractivity contribution in [2.75, 3.05) is 13.1 Å². The van der Waals surface area contributed by atoms with E-state index in [-0.39, 0.29) is 5.82 Å². The molecule has 0 amide bonds. The van der Waals surface area contributed by atoms with E-state index >= 15 is 0 Å². The highest BCUT2D eigenvalue weighted by Gasteiger charge is 2.20. The van der Waals surface area contributed by atoms with Crippen LogP contribution >= 0.6 is 0 Å². The molecule has 1 atom stereocenters. The summed E-state index contributed by atoms with van der Waals surface area (Å²) >= 11 is 0. The number of hydrogen-bond acceptors (Lipinski definition) is 3. The first-order valence-electron chi connectivity index (χ1n) is 5.72. The van der Waals surface area contributed by atoms with Crippen LogP contribution in [0.2, 0.25) is 0 Å². The van der Waals surface area contributed by atoms with E-state index in [1.807, 2.05) is 6.07 Å². The molecular formula is C12H13FN4. The van der Waals surface area contributed by atoms with Gasteiger partial charge < -0.3 is 5.32 Å². The number of nitrogens with zero attached hydrogens (tertiary/aromatic N) is 2. The second-order valence-electron chi connectivity index (χ2n) is 4.24. The summed E-state index contributed by atoms with van der Waals surface area (Å²) in [6.07, 6.45) is 1.07. The number of halogens is 1. The van der Waals surface area contributed by atoms with Crippen molar-refractivity contribution in [3.8, 4) is 11.4 Å². The summed E-state index contributed by atoms with van der Waals surface area (Å²) < 4.78 is 13.1. The molecule has 1 aromatic heterocycles. The van der Waals surface area contributed by atoms with Crippen molar-refractivity contribution in [3.63, 3.8) is 0 Å². The average Bonchev–Trinajstić information content (AvgIpc) is 3.00. The minimum Gasteiger partial charge on any atom is -0.316 e. The van der Waals surface area contributed by atoms with Gasteiger partial charge >= 0.3 is 0 Å². The molecule has 0 aliphatic carbocycles. The molecule has 0 saturated carbocycles. The molecule has 2 N–H and O–H groups in total. The smallest absolute Gasteiger partial charge is 0.181 e. The molecule has 3 rings (SSSR count). The van der Waals surface area contributed by atoms with Gasteiger partial charge in [-0.3, -0.25) is 5.10 Å². The third-order valence-electron chi connectivity index (χ3n) is 3.03. The van der Waals surface area contributed by atoms with Crippen LogP contribution in [0.3, 0.4) is 0 Å². The van der Waals surface area contributed by atoms with Crippen molar-refractivity contribution in [2.24, 2.45) is 0 Å². The van der Waals surface area contributed by atoms with Crippen LogP contribution in [-0.2, 0) is 0 Å². The topological polar surface area (TPSA) is 53.6 Å². The quantitative estimate of drug-likeness (QED) is 0.828. The molecule has 2 heterocycles. The largest absolute Gasteiger partial charge is 0.316 e. The van der Waals surface area contributed by atoms with Crippen LogP contribution in [0.25, 0.3) is 11.4 Å². The number of hydrogen-bond donors (Lipinski definition) is 2. The van der Waals surface area contributed by atoms with Crippen LogP contribution in [0.4, 0.5) is 4.39 Å². The standard InChI is InChI=1S/C12H13FN4/c13-10-3-1-2-8(6-10)11-15-12(17-16-11)9-4-5-14-7-9/h1-3,6,9,14H,4-5,7H2,(H,15,16,17). The van der Waals surface area contributed by atoms with Gasteiger partial charge in [-0.1, -0.05) is 12.1 Å². The molecule has 0 spiro atoms. The normalized spacial score (nSPS) is 19.7. The molecular weight excluding hydrogens is 219 g/mol. The maximum atomic E-state index is 13.1. The van der Waals surface area contributed by atoms with Gasteiger partial charge in [-0.15, -0.1) is 0 Å². The minimum atomic E-state index is -0.267. The zero-order valence-corrected chi connectivity index (χ0v) is 9.28. The summed E-state index contributed by atoms with van der Waals surface area (Å²) in [4.78, 5) is 4.43. The second-order valence-corrected chi connectivity index (χ2v) is 4.24. The first-order chi connectivity index (χ1) is 8.33. The summed E-state index contributed by atoms with van der Waals surface area (Å²) in [5.74, 6) is 1.57. The summed E-state index contributed by atoms with van der Waals surface area (Å²) in [6.45, 7) is 1.94. The van der Waals surface area contributed by atoms with E-state index in [2.05, 4.69) is 20.5 Å². The Morgan fingerprint density at radius 1 is 1.35 bits per heavy atom. The maximum Gasteiger partial charge on any atom is 0.181 e. The van der Waals surface area contributed by atoms with Gasteiger partial charge in [-0.25, -0.2) is 9.37 Å². The summed E-state index contributed by atoms with van der Waals surface area (Å²) in [5, 5.41) is 10.4. The van der Waals surface area contributed by atoms with Gasteiger partial charge in [0.25, 0.3) is 0 Å². The molecule has 1 saturated heterocycles. The highest BCUT2D eigenvalue weighted by atomic mass is 19.1. The van der Waals surface area contributed by atoms with E-state index in [0.29, 0.717) is 17.3 Å². The molecule has 17 heavy (non-hydrogen) atoms. The van der Waals surface area contributed by atoms with Crippen molar-refractivity contribution in [2.45, 2.75) is 12.3 Å². The lowest BCUT2D eigenvalue weighted by Crippen LogP contribution is -2.08. The SMILES string of the molecule is Fc1cccc(-c2n[nH]c(C3CCNC3)n2)c1. The lowest BCUT2D eigenvalue weighted by atomic mass is 10.1. The first kappa shape index (κ1) is 10.4. The van der Waals surface area contributed by atoms with Crippen molar-refractivity contribution in [1.82, 2.24) is 20.5 Å². The van der Waals surface area contributed by atoms with Crippen molar-refractivity contribution in [3.05, 3.63) is 35.9 Å². The van der Waals surface area contributed by atoms with Gasteiger partial charge in [-0.2, -0.15) is 5.10 Å². The monoisotopic (exact) mass is 232 g/mol. The predicted molar refractivity (Wildman–Crippen MR) is 62.0 cm³/mol. The molecule has 88 valence electrons. The Morgan fingerprint density at radius 3 is 3.06 bits per heavy atom. The Morgan fingerprint density at radius 2 is 2.29 bits per heavy atom. The molecule has 1 aromatic carbocycles. The number of rotatable bonds is 2. The van der Waals surface area contributed by atoms with Crippen LogP contribution < -0.4 is 5.32 Å². The molecule has 4 nitrogen and oxygen atoms in total. The highest BCUT2D eigenvalue weighted by molar-refractivity contribution is 5.54. The Labute approximate surface area is 98.3 Å². The highest BCUT2D eigenvalue weighted by Crippen LogP contribution is 2.22. The summed E-state index contributed by atoms with van der Waals surface area (Å²) in [7, 11) is 0. The summed E-state index contributed by atoms with van der Waals surface area (Å²) in [5.41, 5.74) is 0.707. The number of nitrogens with one attached hydrogen (secondary N) is 2. The van der Waals surface area contributed by atoms with Crippen LogP contribution in [-0.4, -0.2) is 28.3 Å². The molecule has 1 aliphatic rings. The molecule has 0 bridgehead atoms. The van der Waals surface area contributed by atoms with E-state index in [9.17, 15) is 4.39 Å². The maximum absolute atomic E-state index is 13.1. The van der Waals surface area contributed by atoms with Crippen LogP contribution in [0.1, 0.15) is 18.2 Å². The molecule has 5 heteroatoms. The van der Waals surface area contributed by atoms with Crippen molar-refractivity contribution < 1.29 is 4.39 Å². The molecule has 2 aromatic rings. The van der Waals surface area contributed by atoms with Crippen molar-refractivity contribution in [1.29, 1.82) is 0 Å². The van der Waals surface area contributed by atoms with Crippen LogP contribution in [0.5, 0.6) is 0 Å². The third kappa shape index (κ3) is 2.06. The van der Waals surface area contributed by atoms with E-state index in [1.54, 1.807) is 6.07 Å². The Kier molecular flexibility index (Phi) is 2.60. The van der Waals surface area contributed by atoms with Gasteiger partial charge in [0.05, 0.1) is 0 Å². The predicted octanol–water partition coefficient (Wildman–Crippen LogP) is 1.69. The minimum absolute atomic E-state index is 0.267. The number of aromatic nitrogens is 3. The number of benzene rings is 1. The second kappa shape index (κ2) is 4.25. The third-order valence-corrected chi connectivity index (χ3v) is 3.03. The Hall–Kier alpha value is -1.75. The Balaban J connectivity index is 1.89. The molecule has 1 fully saturated rings. The zero-order chi connectivity index (χ0) is 11.7. The number of H-pyrrole nitrogens is 1. The zero-order valence-electron chi connectivity index (χ0n) is 9.28. The van der Waals surface area contributed by atoms with E-state index in [4.69, 9.17) is 0 Å². The van der Waals surface area contributed by atoms with Crippen LogP contribution in [0.15, 0.2) is 24.3 Å².